The van der Waals surface area contributed by atoms with Gasteiger partial charge in [0.1, 0.15) is 6.61 Å². The second-order valence-electron chi connectivity index (χ2n) is 15.2. The number of quaternary nitrogens is 1. The number of aliphatic carboxylic acids is 1. The van der Waals surface area contributed by atoms with Crippen LogP contribution in [0.5, 0.6) is 0 Å². The van der Waals surface area contributed by atoms with E-state index in [-0.39, 0.29) is 36.2 Å². The van der Waals surface area contributed by atoms with Crippen LogP contribution in [0.3, 0.4) is 0 Å². The highest BCUT2D eigenvalue weighted by Crippen LogP contribution is 2.15. The Bertz CT molecular complexity index is 838. The minimum Gasteiger partial charge on any atom is -0.477 e. The molecule has 0 aromatic heterocycles. The molecule has 0 aromatic carbocycles. The first kappa shape index (κ1) is 48.1. The Morgan fingerprint density at radius 3 is 1.50 bits per heavy atom. The summed E-state index contributed by atoms with van der Waals surface area (Å²) in [6.45, 7) is 4.70. The van der Waals surface area contributed by atoms with Gasteiger partial charge in [-0.25, -0.2) is 4.79 Å². The maximum Gasteiger partial charge on any atom is 0.362 e. The number of hydrogen-bond donors (Lipinski definition) is 1. The number of unbranched alkanes of at least 4 members (excludes halogenated alkanes) is 21. The van der Waals surface area contributed by atoms with Crippen LogP contribution in [-0.4, -0.2) is 80.6 Å². The third kappa shape index (κ3) is 32.0. The lowest BCUT2D eigenvalue weighted by Crippen LogP contribution is -2.50. The van der Waals surface area contributed by atoms with E-state index in [1.165, 1.54) is 103 Å². The largest absolute Gasteiger partial charge is 0.477 e. The van der Waals surface area contributed by atoms with Crippen molar-refractivity contribution in [3.63, 3.8) is 0 Å². The Balaban J connectivity index is 4.34. The fourth-order valence-corrected chi connectivity index (χ4v) is 6.13. The number of rotatable bonds is 37. The predicted octanol–water partition coefficient (Wildman–Crippen LogP) is 10.7. The molecular weight excluding hydrogens is 630 g/mol. The molecule has 0 aliphatic rings. The average Bonchev–Trinajstić information content (AvgIpc) is 3.06. The van der Waals surface area contributed by atoms with Gasteiger partial charge in [-0.15, -0.1) is 0 Å². The summed E-state index contributed by atoms with van der Waals surface area (Å²) in [5, 5.41) is 9.59. The molecule has 50 heavy (non-hydrogen) atoms. The van der Waals surface area contributed by atoms with E-state index in [9.17, 15) is 19.5 Å². The molecule has 0 amide bonds. The molecule has 0 bridgehead atoms. The van der Waals surface area contributed by atoms with E-state index in [4.69, 9.17) is 14.2 Å². The zero-order valence-corrected chi connectivity index (χ0v) is 33.4. The van der Waals surface area contributed by atoms with Crippen molar-refractivity contribution in [2.45, 2.75) is 199 Å². The van der Waals surface area contributed by atoms with E-state index in [1.54, 1.807) is 0 Å². The topological polar surface area (TPSA) is 99.1 Å². The lowest BCUT2D eigenvalue weighted by molar-refractivity contribution is -0.887. The number of carboxylic acid groups (broad SMARTS) is 1. The van der Waals surface area contributed by atoms with Crippen LogP contribution in [0.15, 0.2) is 12.2 Å². The van der Waals surface area contributed by atoms with Gasteiger partial charge in [0, 0.05) is 19.3 Å². The van der Waals surface area contributed by atoms with Crippen molar-refractivity contribution < 1.29 is 38.2 Å². The number of carbonyl (C=O) groups excluding carboxylic acids is 2. The van der Waals surface area contributed by atoms with E-state index >= 15 is 0 Å². The second-order valence-corrected chi connectivity index (χ2v) is 15.2. The number of carbonyl (C=O) groups is 3. The minimum absolute atomic E-state index is 0.0488. The molecule has 1 N–H and O–H groups in total. The number of allylic oxidation sites excluding steroid dienone is 2. The summed E-state index contributed by atoms with van der Waals surface area (Å²) in [5.74, 6) is -1.47. The Hall–Kier alpha value is -1.93. The first-order chi connectivity index (χ1) is 24.1. The predicted molar refractivity (Wildman–Crippen MR) is 206 cm³/mol. The SMILES string of the molecule is CCCC/C=C\CCCCCCCC(=O)OC(COCCC(C(=O)O)[N+](C)(C)C)COC(=O)CCCCCCCCCCCCCCCCC. The summed E-state index contributed by atoms with van der Waals surface area (Å²) in [6, 6.07) is -0.610. The number of esters is 2. The smallest absolute Gasteiger partial charge is 0.362 e. The number of nitrogens with zero attached hydrogens (tertiary/aromatic N) is 1. The van der Waals surface area contributed by atoms with Gasteiger partial charge in [0.15, 0.2) is 12.1 Å². The lowest BCUT2D eigenvalue weighted by Gasteiger charge is -2.31. The zero-order valence-electron chi connectivity index (χ0n) is 33.4. The van der Waals surface area contributed by atoms with Gasteiger partial charge in [0.25, 0.3) is 0 Å². The van der Waals surface area contributed by atoms with E-state index in [2.05, 4.69) is 26.0 Å². The summed E-state index contributed by atoms with van der Waals surface area (Å²) in [6.07, 6.45) is 33.9. The molecule has 0 aromatic rings. The fraction of sp³-hybridized carbons (Fsp3) is 0.881. The minimum atomic E-state index is -0.875. The van der Waals surface area contributed by atoms with E-state index < -0.39 is 18.1 Å². The molecule has 0 rings (SSSR count). The number of ether oxygens (including phenoxy) is 3. The summed E-state index contributed by atoms with van der Waals surface area (Å²) in [5.41, 5.74) is 0. The quantitative estimate of drug-likeness (QED) is 0.0296. The molecule has 294 valence electrons. The highest BCUT2D eigenvalue weighted by molar-refractivity contribution is 5.72. The molecule has 8 nitrogen and oxygen atoms in total. The molecule has 0 aliphatic heterocycles. The van der Waals surface area contributed by atoms with Crippen LogP contribution < -0.4 is 0 Å². The van der Waals surface area contributed by atoms with Gasteiger partial charge in [-0.1, -0.05) is 148 Å². The van der Waals surface area contributed by atoms with Gasteiger partial charge < -0.3 is 23.8 Å². The van der Waals surface area contributed by atoms with Crippen LogP contribution in [-0.2, 0) is 28.6 Å². The van der Waals surface area contributed by atoms with Crippen molar-refractivity contribution in [2.24, 2.45) is 0 Å². The maximum absolute atomic E-state index is 12.6. The van der Waals surface area contributed by atoms with Crippen LogP contribution >= 0.6 is 0 Å². The summed E-state index contributed by atoms with van der Waals surface area (Å²) in [7, 11) is 5.52. The Morgan fingerprint density at radius 1 is 0.580 bits per heavy atom. The summed E-state index contributed by atoms with van der Waals surface area (Å²) < 4.78 is 17.2. The Labute approximate surface area is 308 Å². The van der Waals surface area contributed by atoms with Crippen molar-refractivity contribution in [1.29, 1.82) is 0 Å². The molecule has 2 unspecified atom stereocenters. The standard InChI is InChI=1S/C42H79NO7/c1-6-8-10-12-14-16-18-19-20-21-23-24-26-28-30-32-40(44)49-37-38(36-48-35-34-39(42(46)47)43(3,4)5)50-41(45)33-31-29-27-25-22-17-15-13-11-9-7-2/h13,15,38-39H,6-12,14,16-37H2,1-5H3/p+1/b15-13-. The zero-order chi connectivity index (χ0) is 37.1. The first-order valence-electron chi connectivity index (χ1n) is 20.7. The van der Waals surface area contributed by atoms with Crippen LogP contribution in [0, 0.1) is 0 Å². The maximum atomic E-state index is 12.6. The molecule has 0 spiro atoms. The van der Waals surface area contributed by atoms with Crippen molar-refractivity contribution in [1.82, 2.24) is 0 Å². The van der Waals surface area contributed by atoms with E-state index in [0.29, 0.717) is 19.3 Å². The number of carboxylic acids is 1. The van der Waals surface area contributed by atoms with Crippen molar-refractivity contribution in [3.05, 3.63) is 12.2 Å². The van der Waals surface area contributed by atoms with Gasteiger partial charge in [0.2, 0.25) is 0 Å². The molecular formula is C42H80NO7+. The average molecular weight is 711 g/mol. The molecule has 0 fully saturated rings. The monoisotopic (exact) mass is 711 g/mol. The summed E-state index contributed by atoms with van der Waals surface area (Å²) in [4.78, 5) is 36.8. The van der Waals surface area contributed by atoms with Crippen LogP contribution in [0.4, 0.5) is 0 Å². The molecule has 0 aliphatic carbocycles. The highest BCUT2D eigenvalue weighted by atomic mass is 16.6. The van der Waals surface area contributed by atoms with Crippen LogP contribution in [0.25, 0.3) is 0 Å². The van der Waals surface area contributed by atoms with Crippen molar-refractivity contribution in [3.8, 4) is 0 Å². The number of likely N-dealkylation sites (N-methyl/N-ethyl adjacent to an activating group) is 1. The molecule has 0 saturated heterocycles. The second kappa shape index (κ2) is 34.2. The third-order valence-corrected chi connectivity index (χ3v) is 9.41. The van der Waals surface area contributed by atoms with Crippen molar-refractivity contribution in [2.75, 3.05) is 41.0 Å². The molecule has 2 atom stereocenters. The van der Waals surface area contributed by atoms with Crippen LogP contribution in [0.1, 0.15) is 187 Å². The van der Waals surface area contributed by atoms with Gasteiger partial charge in [-0.2, -0.15) is 0 Å². The number of hydrogen-bond acceptors (Lipinski definition) is 6. The summed E-state index contributed by atoms with van der Waals surface area (Å²) >= 11 is 0. The molecule has 0 saturated carbocycles. The molecule has 0 radical (unpaired) electrons. The molecule has 0 heterocycles. The van der Waals surface area contributed by atoms with E-state index in [0.717, 1.165) is 51.4 Å². The lowest BCUT2D eigenvalue weighted by atomic mass is 10.0. The van der Waals surface area contributed by atoms with Gasteiger partial charge in [-0.05, 0) is 32.1 Å². The third-order valence-electron chi connectivity index (χ3n) is 9.41. The van der Waals surface area contributed by atoms with Gasteiger partial charge >= 0.3 is 17.9 Å². The van der Waals surface area contributed by atoms with Crippen molar-refractivity contribution >= 4 is 17.9 Å². The normalized spacial score (nSPS) is 13.1. The van der Waals surface area contributed by atoms with Gasteiger partial charge in [-0.3, -0.25) is 9.59 Å². The fourth-order valence-electron chi connectivity index (χ4n) is 6.13. The first-order valence-corrected chi connectivity index (χ1v) is 20.7. The van der Waals surface area contributed by atoms with Gasteiger partial charge in [0.05, 0.1) is 34.4 Å². The Morgan fingerprint density at radius 2 is 1.02 bits per heavy atom. The molecule has 8 heteroatoms. The van der Waals surface area contributed by atoms with E-state index in [1.807, 2.05) is 21.1 Å². The Kier molecular flexibility index (Phi) is 32.9. The van der Waals surface area contributed by atoms with Crippen LogP contribution in [0.2, 0.25) is 0 Å². The highest BCUT2D eigenvalue weighted by Gasteiger charge is 2.31.